The summed E-state index contributed by atoms with van der Waals surface area (Å²) in [5, 5.41) is 9.12. The van der Waals surface area contributed by atoms with Gasteiger partial charge in [-0.3, -0.25) is 4.79 Å². The molecule has 2 rings (SSSR count). The van der Waals surface area contributed by atoms with Crippen LogP contribution in [0.2, 0.25) is 0 Å². The molecule has 1 aliphatic carbocycles. The molecule has 3 nitrogen and oxygen atoms in total. The minimum atomic E-state index is -0.826. The first kappa shape index (κ1) is 12.4. The Labute approximate surface area is 109 Å². The molecule has 0 radical (unpaired) electrons. The summed E-state index contributed by atoms with van der Waals surface area (Å²) in [5.41, 5.74) is 3.27. The largest absolute Gasteiger partial charge is 0.495 e. The number of hydrogen-bond donors (Lipinski definition) is 1. The molecule has 1 atom stereocenters. The highest BCUT2D eigenvalue weighted by Crippen LogP contribution is 2.41. The van der Waals surface area contributed by atoms with Crippen molar-refractivity contribution in [2.24, 2.45) is 0 Å². The van der Waals surface area contributed by atoms with Gasteiger partial charge in [-0.1, -0.05) is 6.07 Å². The van der Waals surface area contributed by atoms with E-state index in [1.165, 1.54) is 11.1 Å². The van der Waals surface area contributed by atoms with Crippen LogP contribution in [0.25, 0.3) is 0 Å². The van der Waals surface area contributed by atoms with Crippen molar-refractivity contribution in [3.8, 4) is 5.75 Å². The number of benzene rings is 1. The average molecular weight is 299 g/mol. The van der Waals surface area contributed by atoms with Crippen molar-refractivity contribution < 1.29 is 14.6 Å². The molecule has 1 unspecified atom stereocenters. The van der Waals surface area contributed by atoms with Crippen LogP contribution in [0.5, 0.6) is 5.75 Å². The van der Waals surface area contributed by atoms with Gasteiger partial charge in [0, 0.05) is 5.56 Å². The Kier molecular flexibility index (Phi) is 3.43. The standard InChI is InChI=1S/C13H15BrO3/c1-7(13(15)16)10-6-8-4-3-5-9(8)11(14)12(10)17-2/h6-7H,3-5H2,1-2H3,(H,15,16). The monoisotopic (exact) mass is 298 g/mol. The van der Waals surface area contributed by atoms with Crippen molar-refractivity contribution in [2.75, 3.05) is 7.11 Å². The number of carbonyl (C=O) groups is 1. The molecule has 17 heavy (non-hydrogen) atoms. The number of halogens is 1. The summed E-state index contributed by atoms with van der Waals surface area (Å²) < 4.78 is 6.29. The van der Waals surface area contributed by atoms with E-state index in [2.05, 4.69) is 15.9 Å². The fourth-order valence-electron chi connectivity index (χ4n) is 2.36. The summed E-state index contributed by atoms with van der Waals surface area (Å²) >= 11 is 3.54. The number of rotatable bonds is 3. The predicted molar refractivity (Wildman–Crippen MR) is 68.8 cm³/mol. The molecule has 1 aromatic rings. The van der Waals surface area contributed by atoms with E-state index in [4.69, 9.17) is 9.84 Å². The second-order valence-corrected chi connectivity index (χ2v) is 5.16. The number of ether oxygens (including phenoxy) is 1. The topological polar surface area (TPSA) is 46.5 Å². The third-order valence-corrected chi connectivity index (χ3v) is 4.20. The van der Waals surface area contributed by atoms with Gasteiger partial charge in [-0.25, -0.2) is 0 Å². The van der Waals surface area contributed by atoms with Crippen LogP contribution in [0.1, 0.15) is 36.0 Å². The normalized spacial score (nSPS) is 15.5. The number of carboxylic acids is 1. The molecule has 0 aromatic heterocycles. The van der Waals surface area contributed by atoms with Crippen LogP contribution >= 0.6 is 15.9 Å². The quantitative estimate of drug-likeness (QED) is 0.932. The highest BCUT2D eigenvalue weighted by Gasteiger charge is 2.25. The molecule has 0 spiro atoms. The molecular weight excluding hydrogens is 284 g/mol. The maximum Gasteiger partial charge on any atom is 0.310 e. The van der Waals surface area contributed by atoms with E-state index in [0.29, 0.717) is 5.75 Å². The van der Waals surface area contributed by atoms with Crippen molar-refractivity contribution >= 4 is 21.9 Å². The Hall–Kier alpha value is -1.03. The molecule has 0 saturated heterocycles. The maximum atomic E-state index is 11.1. The Morgan fingerprint density at radius 1 is 1.53 bits per heavy atom. The first-order valence-electron chi connectivity index (χ1n) is 5.67. The number of fused-ring (bicyclic) bond motifs is 1. The lowest BCUT2D eigenvalue weighted by atomic mass is 9.96. The van der Waals surface area contributed by atoms with E-state index in [1.807, 2.05) is 6.07 Å². The molecule has 0 heterocycles. The Morgan fingerprint density at radius 3 is 2.82 bits per heavy atom. The molecule has 0 bridgehead atoms. The second kappa shape index (κ2) is 4.69. The van der Waals surface area contributed by atoms with Gasteiger partial charge in [-0.15, -0.1) is 0 Å². The van der Waals surface area contributed by atoms with Crippen LogP contribution in [0.15, 0.2) is 10.5 Å². The Bertz CT molecular complexity index is 468. The molecule has 0 amide bonds. The third-order valence-electron chi connectivity index (χ3n) is 3.36. The highest BCUT2D eigenvalue weighted by molar-refractivity contribution is 9.10. The number of hydrogen-bond acceptors (Lipinski definition) is 2. The van der Waals surface area contributed by atoms with Crippen LogP contribution in [0, 0.1) is 0 Å². The summed E-state index contributed by atoms with van der Waals surface area (Å²) in [7, 11) is 1.58. The molecule has 1 N–H and O–H groups in total. The number of methoxy groups -OCH3 is 1. The van der Waals surface area contributed by atoms with E-state index in [0.717, 1.165) is 29.3 Å². The summed E-state index contributed by atoms with van der Waals surface area (Å²) in [4.78, 5) is 11.1. The van der Waals surface area contributed by atoms with E-state index in [1.54, 1.807) is 14.0 Å². The van der Waals surface area contributed by atoms with Gasteiger partial charge < -0.3 is 9.84 Å². The zero-order chi connectivity index (χ0) is 12.6. The van der Waals surface area contributed by atoms with Crippen molar-refractivity contribution in [3.05, 3.63) is 27.2 Å². The van der Waals surface area contributed by atoms with E-state index < -0.39 is 11.9 Å². The zero-order valence-electron chi connectivity index (χ0n) is 9.92. The van der Waals surface area contributed by atoms with Crippen molar-refractivity contribution in [2.45, 2.75) is 32.1 Å². The summed E-state index contributed by atoms with van der Waals surface area (Å²) in [5.74, 6) is -0.708. The highest BCUT2D eigenvalue weighted by atomic mass is 79.9. The van der Waals surface area contributed by atoms with E-state index >= 15 is 0 Å². The van der Waals surface area contributed by atoms with Gasteiger partial charge in [-0.2, -0.15) is 0 Å². The smallest absolute Gasteiger partial charge is 0.310 e. The zero-order valence-corrected chi connectivity index (χ0v) is 11.5. The number of carboxylic acid groups (broad SMARTS) is 1. The van der Waals surface area contributed by atoms with E-state index in [9.17, 15) is 4.79 Å². The minimum absolute atomic E-state index is 0.549. The number of aliphatic carboxylic acids is 1. The molecule has 0 saturated carbocycles. The Morgan fingerprint density at radius 2 is 2.24 bits per heavy atom. The Balaban J connectivity index is 2.59. The lowest BCUT2D eigenvalue weighted by molar-refractivity contribution is -0.138. The average Bonchev–Trinajstić information content (AvgIpc) is 2.76. The van der Waals surface area contributed by atoms with Crippen LogP contribution in [-0.2, 0) is 17.6 Å². The van der Waals surface area contributed by atoms with Crippen LogP contribution in [-0.4, -0.2) is 18.2 Å². The molecule has 0 fully saturated rings. The second-order valence-electron chi connectivity index (χ2n) is 4.36. The van der Waals surface area contributed by atoms with Gasteiger partial charge in [0.2, 0.25) is 0 Å². The summed E-state index contributed by atoms with van der Waals surface area (Å²) in [6.45, 7) is 1.69. The maximum absolute atomic E-state index is 11.1. The van der Waals surface area contributed by atoms with Gasteiger partial charge in [0.15, 0.2) is 0 Å². The van der Waals surface area contributed by atoms with Gasteiger partial charge in [-0.05, 0) is 53.2 Å². The first-order chi connectivity index (χ1) is 8.06. The lowest BCUT2D eigenvalue weighted by Gasteiger charge is -2.17. The van der Waals surface area contributed by atoms with Crippen molar-refractivity contribution in [3.63, 3.8) is 0 Å². The SMILES string of the molecule is COc1c(C(C)C(=O)O)cc2c(c1Br)CCC2. The minimum Gasteiger partial charge on any atom is -0.495 e. The molecule has 4 heteroatoms. The first-order valence-corrected chi connectivity index (χ1v) is 6.46. The third kappa shape index (κ3) is 2.06. The van der Waals surface area contributed by atoms with Crippen molar-refractivity contribution in [1.29, 1.82) is 0 Å². The summed E-state index contributed by atoms with van der Waals surface area (Å²) in [6.07, 6.45) is 3.19. The molecule has 1 aromatic carbocycles. The van der Waals surface area contributed by atoms with E-state index in [-0.39, 0.29) is 0 Å². The lowest BCUT2D eigenvalue weighted by Crippen LogP contribution is -2.10. The molecule has 0 aliphatic heterocycles. The van der Waals surface area contributed by atoms with Gasteiger partial charge in [0.25, 0.3) is 0 Å². The van der Waals surface area contributed by atoms with Crippen LogP contribution in [0.4, 0.5) is 0 Å². The van der Waals surface area contributed by atoms with Gasteiger partial charge in [0.05, 0.1) is 17.5 Å². The fraction of sp³-hybridized carbons (Fsp3) is 0.462. The molecule has 1 aliphatic rings. The van der Waals surface area contributed by atoms with Gasteiger partial charge in [0.1, 0.15) is 5.75 Å². The van der Waals surface area contributed by atoms with Crippen LogP contribution in [0.3, 0.4) is 0 Å². The predicted octanol–water partition coefficient (Wildman–Crippen LogP) is 3.13. The summed E-state index contributed by atoms with van der Waals surface area (Å²) in [6, 6.07) is 1.99. The van der Waals surface area contributed by atoms with Crippen LogP contribution < -0.4 is 4.74 Å². The fourth-order valence-corrected chi connectivity index (χ4v) is 3.20. The van der Waals surface area contributed by atoms with Gasteiger partial charge >= 0.3 is 5.97 Å². The van der Waals surface area contributed by atoms with Crippen molar-refractivity contribution in [1.82, 2.24) is 0 Å². The molecule has 92 valence electrons. The molecular formula is C13H15BrO3. The number of aryl methyl sites for hydroxylation is 1.